The lowest BCUT2D eigenvalue weighted by Gasteiger charge is -2.33. The number of aliphatic hydroxyl groups is 1. The topological polar surface area (TPSA) is 56.5 Å². The highest BCUT2D eigenvalue weighted by molar-refractivity contribution is 5.59. The van der Waals surface area contributed by atoms with Crippen LogP contribution in [-0.2, 0) is 4.74 Å². The van der Waals surface area contributed by atoms with Gasteiger partial charge >= 0.3 is 0 Å². The second-order valence-electron chi connectivity index (χ2n) is 5.83. The number of ether oxygens (including phenoxy) is 1. The molecule has 1 aromatic rings. The van der Waals surface area contributed by atoms with Crippen molar-refractivity contribution in [2.24, 2.45) is 5.92 Å². The van der Waals surface area contributed by atoms with Gasteiger partial charge in [0.2, 0.25) is 0 Å². The summed E-state index contributed by atoms with van der Waals surface area (Å²) in [6.07, 6.45) is 1.96. The molecule has 0 saturated heterocycles. The van der Waals surface area contributed by atoms with Gasteiger partial charge in [-0.3, -0.25) is 0 Å². The number of nitrogens with zero attached hydrogens (tertiary/aromatic N) is 2. The van der Waals surface area contributed by atoms with Crippen molar-refractivity contribution in [2.75, 3.05) is 25.2 Å². The predicted molar refractivity (Wildman–Crippen MR) is 83.2 cm³/mol. The van der Waals surface area contributed by atoms with Gasteiger partial charge in [-0.05, 0) is 44.7 Å². The van der Waals surface area contributed by atoms with Crippen LogP contribution >= 0.6 is 0 Å². The van der Waals surface area contributed by atoms with Crippen molar-refractivity contribution in [1.29, 1.82) is 5.26 Å². The molecular formula is C17H24N2O2. The number of anilines is 1. The minimum Gasteiger partial charge on any atom is -0.389 e. The highest BCUT2D eigenvalue weighted by atomic mass is 16.5. The number of rotatable bonds is 7. The average molecular weight is 288 g/mol. The molecule has 0 aliphatic heterocycles. The number of hydrogen-bond acceptors (Lipinski definition) is 4. The predicted octanol–water partition coefficient (Wildman–Crippen LogP) is 2.86. The third-order valence-corrected chi connectivity index (χ3v) is 4.25. The maximum absolute atomic E-state index is 10.0. The van der Waals surface area contributed by atoms with E-state index >= 15 is 0 Å². The van der Waals surface area contributed by atoms with Gasteiger partial charge in [-0.15, -0.1) is 0 Å². The molecule has 2 rings (SSSR count). The molecule has 0 radical (unpaired) electrons. The second kappa shape index (κ2) is 6.93. The van der Waals surface area contributed by atoms with Crippen LogP contribution in [0.1, 0.15) is 43.9 Å². The normalized spacial score (nSPS) is 17.1. The van der Waals surface area contributed by atoms with Gasteiger partial charge in [-0.2, -0.15) is 5.26 Å². The van der Waals surface area contributed by atoms with E-state index in [-0.39, 0.29) is 0 Å². The molecule has 0 aromatic heterocycles. The molecule has 0 bridgehead atoms. The Bertz CT molecular complexity index is 518. The minimum atomic E-state index is -0.552. The summed E-state index contributed by atoms with van der Waals surface area (Å²) in [5.41, 5.74) is 2.46. The lowest BCUT2D eigenvalue weighted by atomic mass is 10.0. The van der Waals surface area contributed by atoms with E-state index in [0.29, 0.717) is 24.1 Å². The Hall–Kier alpha value is -1.57. The smallest absolute Gasteiger partial charge is 0.0992 e. The SMILES string of the molecule is COCCN(c1cc(C#N)ccc1[C@@H](C)O)C(C)C1CC1. The monoisotopic (exact) mass is 288 g/mol. The molecule has 1 saturated carbocycles. The first-order valence-corrected chi connectivity index (χ1v) is 7.56. The van der Waals surface area contributed by atoms with E-state index in [2.05, 4.69) is 17.9 Å². The fourth-order valence-electron chi connectivity index (χ4n) is 2.78. The van der Waals surface area contributed by atoms with Gasteiger partial charge in [-0.1, -0.05) is 6.07 Å². The number of benzene rings is 1. The van der Waals surface area contributed by atoms with Crippen LogP contribution in [0.25, 0.3) is 0 Å². The summed E-state index contributed by atoms with van der Waals surface area (Å²) in [4.78, 5) is 2.28. The zero-order valence-electron chi connectivity index (χ0n) is 13.0. The molecule has 1 fully saturated rings. The number of aliphatic hydroxyl groups excluding tert-OH is 1. The van der Waals surface area contributed by atoms with Gasteiger partial charge < -0.3 is 14.7 Å². The molecule has 1 aliphatic carbocycles. The third kappa shape index (κ3) is 3.75. The molecule has 0 spiro atoms. The van der Waals surface area contributed by atoms with Crippen LogP contribution in [0.5, 0.6) is 0 Å². The highest BCUT2D eigenvalue weighted by Crippen LogP contribution is 2.38. The maximum atomic E-state index is 10.0. The van der Waals surface area contributed by atoms with Crippen molar-refractivity contribution < 1.29 is 9.84 Å². The Kier molecular flexibility index (Phi) is 5.22. The Morgan fingerprint density at radius 1 is 1.43 bits per heavy atom. The Balaban J connectivity index is 2.38. The fraction of sp³-hybridized carbons (Fsp3) is 0.588. The van der Waals surface area contributed by atoms with E-state index < -0.39 is 6.10 Å². The highest BCUT2D eigenvalue weighted by Gasteiger charge is 2.33. The van der Waals surface area contributed by atoms with Crippen LogP contribution in [0.15, 0.2) is 18.2 Å². The van der Waals surface area contributed by atoms with Gasteiger partial charge in [0.15, 0.2) is 0 Å². The number of hydrogen-bond donors (Lipinski definition) is 1. The van der Waals surface area contributed by atoms with Crippen LogP contribution in [-0.4, -0.2) is 31.4 Å². The Labute approximate surface area is 127 Å². The largest absolute Gasteiger partial charge is 0.389 e. The Morgan fingerprint density at radius 2 is 2.14 bits per heavy atom. The van der Waals surface area contributed by atoms with Crippen LogP contribution in [0.2, 0.25) is 0 Å². The number of nitriles is 1. The van der Waals surface area contributed by atoms with Gasteiger partial charge in [0.1, 0.15) is 0 Å². The Morgan fingerprint density at radius 3 is 2.67 bits per heavy atom. The summed E-state index contributed by atoms with van der Waals surface area (Å²) in [6.45, 7) is 5.38. The maximum Gasteiger partial charge on any atom is 0.0992 e. The van der Waals surface area contributed by atoms with Gasteiger partial charge in [0.05, 0.1) is 24.3 Å². The van der Waals surface area contributed by atoms with Crippen molar-refractivity contribution in [3.05, 3.63) is 29.3 Å². The summed E-state index contributed by atoms with van der Waals surface area (Å²) in [6, 6.07) is 8.09. The molecule has 2 atom stereocenters. The fourth-order valence-corrected chi connectivity index (χ4v) is 2.78. The van der Waals surface area contributed by atoms with Crippen molar-refractivity contribution in [3.8, 4) is 6.07 Å². The lowest BCUT2D eigenvalue weighted by Crippen LogP contribution is -2.38. The second-order valence-corrected chi connectivity index (χ2v) is 5.83. The molecule has 0 amide bonds. The van der Waals surface area contributed by atoms with E-state index in [0.717, 1.165) is 17.8 Å². The summed E-state index contributed by atoms with van der Waals surface area (Å²) >= 11 is 0. The zero-order chi connectivity index (χ0) is 15.4. The average Bonchev–Trinajstić information content (AvgIpc) is 3.31. The minimum absolute atomic E-state index is 0.395. The standard InChI is InChI=1S/C17H24N2O2/c1-12(15-5-6-15)19(8-9-21-3)17-10-14(11-18)4-7-16(17)13(2)20/h4,7,10,12-13,15,20H,5-6,8-9H2,1-3H3/t12?,13-/m1/s1. The van der Waals surface area contributed by atoms with E-state index in [1.54, 1.807) is 20.1 Å². The molecular weight excluding hydrogens is 264 g/mol. The zero-order valence-corrected chi connectivity index (χ0v) is 13.0. The van der Waals surface area contributed by atoms with Gasteiger partial charge in [-0.25, -0.2) is 0 Å². The van der Waals surface area contributed by atoms with Crippen LogP contribution in [0.4, 0.5) is 5.69 Å². The van der Waals surface area contributed by atoms with Gasteiger partial charge in [0.25, 0.3) is 0 Å². The summed E-state index contributed by atoms with van der Waals surface area (Å²) in [5, 5.41) is 19.2. The van der Waals surface area contributed by atoms with Crippen LogP contribution in [0, 0.1) is 17.2 Å². The quantitative estimate of drug-likeness (QED) is 0.838. The third-order valence-electron chi connectivity index (χ3n) is 4.25. The lowest BCUT2D eigenvalue weighted by molar-refractivity contribution is 0.196. The van der Waals surface area contributed by atoms with Crippen molar-refractivity contribution in [3.63, 3.8) is 0 Å². The molecule has 0 heterocycles. The molecule has 1 aliphatic rings. The molecule has 4 nitrogen and oxygen atoms in total. The first kappa shape index (κ1) is 15.8. The summed E-state index contributed by atoms with van der Waals surface area (Å²) < 4.78 is 5.23. The number of methoxy groups -OCH3 is 1. The first-order valence-electron chi connectivity index (χ1n) is 7.56. The van der Waals surface area contributed by atoms with E-state index in [1.807, 2.05) is 12.1 Å². The molecule has 21 heavy (non-hydrogen) atoms. The summed E-state index contributed by atoms with van der Waals surface area (Å²) in [5.74, 6) is 0.703. The van der Waals surface area contributed by atoms with Gasteiger partial charge in [0, 0.05) is 30.9 Å². The molecule has 1 aromatic carbocycles. The van der Waals surface area contributed by atoms with Crippen molar-refractivity contribution in [1.82, 2.24) is 0 Å². The van der Waals surface area contributed by atoms with E-state index in [9.17, 15) is 5.11 Å². The van der Waals surface area contributed by atoms with E-state index in [4.69, 9.17) is 10.00 Å². The molecule has 1 unspecified atom stereocenters. The summed E-state index contributed by atoms with van der Waals surface area (Å²) in [7, 11) is 1.70. The first-order chi connectivity index (χ1) is 10.1. The van der Waals surface area contributed by atoms with Crippen molar-refractivity contribution in [2.45, 2.75) is 38.8 Å². The molecule has 4 heteroatoms. The van der Waals surface area contributed by atoms with Crippen LogP contribution < -0.4 is 4.90 Å². The van der Waals surface area contributed by atoms with E-state index in [1.165, 1.54) is 12.8 Å². The van der Waals surface area contributed by atoms with Crippen LogP contribution in [0.3, 0.4) is 0 Å². The molecule has 1 N–H and O–H groups in total. The van der Waals surface area contributed by atoms with Crippen molar-refractivity contribution >= 4 is 5.69 Å². The molecule has 114 valence electrons.